The third-order valence-electron chi connectivity index (χ3n) is 4.66. The van der Waals surface area contributed by atoms with Crippen molar-refractivity contribution in [3.05, 3.63) is 53.4 Å². The highest BCUT2D eigenvalue weighted by atomic mass is 32.2. The van der Waals surface area contributed by atoms with Gasteiger partial charge < -0.3 is 9.72 Å². The van der Waals surface area contributed by atoms with Crippen LogP contribution >= 0.6 is 0 Å². The molecule has 1 unspecified atom stereocenters. The number of halogens is 2. The molecule has 3 aromatic rings. The van der Waals surface area contributed by atoms with Crippen molar-refractivity contribution in [2.45, 2.75) is 25.5 Å². The predicted molar refractivity (Wildman–Crippen MR) is 105 cm³/mol. The number of fused-ring (bicyclic) bond motifs is 1. The first kappa shape index (κ1) is 20.7. The van der Waals surface area contributed by atoms with Crippen LogP contribution < -0.4 is 9.46 Å². The molecule has 0 saturated carbocycles. The number of H-pyrrole nitrogens is 1. The second-order valence-electron chi connectivity index (χ2n) is 6.45. The number of sulfonamides is 1. The summed E-state index contributed by atoms with van der Waals surface area (Å²) in [6.45, 7) is 3.13. The molecule has 0 spiro atoms. The Balaban J connectivity index is 2.08. The van der Waals surface area contributed by atoms with Crippen molar-refractivity contribution in [2.75, 3.05) is 11.8 Å². The smallest absolute Gasteiger partial charge is 0.235 e. The van der Waals surface area contributed by atoms with Crippen LogP contribution in [0.5, 0.6) is 5.75 Å². The van der Waals surface area contributed by atoms with Gasteiger partial charge >= 0.3 is 0 Å². The Labute approximate surface area is 166 Å². The highest BCUT2D eigenvalue weighted by Gasteiger charge is 2.27. The summed E-state index contributed by atoms with van der Waals surface area (Å²) in [6, 6.07) is 3.30. The largest absolute Gasteiger partial charge is 0.495 e. The average Bonchev–Trinajstić information content (AvgIpc) is 3.12. The van der Waals surface area contributed by atoms with E-state index in [0.29, 0.717) is 23.2 Å². The van der Waals surface area contributed by atoms with Crippen molar-refractivity contribution in [3.63, 3.8) is 0 Å². The summed E-state index contributed by atoms with van der Waals surface area (Å²) in [5.74, 6) is -2.98. The van der Waals surface area contributed by atoms with Crippen LogP contribution in [-0.2, 0) is 10.0 Å². The quantitative estimate of drug-likeness (QED) is 0.565. The Morgan fingerprint density at radius 2 is 2.07 bits per heavy atom. The minimum absolute atomic E-state index is 0.0221. The molecule has 0 amide bonds. The lowest BCUT2D eigenvalue weighted by Gasteiger charge is -2.15. The lowest BCUT2D eigenvalue weighted by atomic mass is 10.0. The molecule has 154 valence electrons. The van der Waals surface area contributed by atoms with Gasteiger partial charge in [0.1, 0.15) is 17.2 Å². The Hall–Kier alpha value is -3.01. The average molecular weight is 423 g/mol. The molecule has 1 atom stereocenters. The molecule has 0 aliphatic carbocycles. The molecule has 2 aromatic heterocycles. The third-order valence-corrected chi connectivity index (χ3v) is 6.56. The monoisotopic (exact) mass is 423 g/mol. The van der Waals surface area contributed by atoms with Crippen molar-refractivity contribution in [1.82, 2.24) is 9.97 Å². The number of ketones is 1. The minimum atomic E-state index is -3.90. The third kappa shape index (κ3) is 3.80. The number of benzene rings is 1. The molecule has 3 rings (SSSR count). The number of aromatic amines is 1. The Morgan fingerprint density at radius 1 is 1.34 bits per heavy atom. The number of nitrogens with one attached hydrogen (secondary N) is 2. The molecule has 29 heavy (non-hydrogen) atoms. The Kier molecular flexibility index (Phi) is 5.56. The topological polar surface area (TPSA) is 101 Å². The second kappa shape index (κ2) is 7.78. The van der Waals surface area contributed by atoms with E-state index in [1.165, 1.54) is 32.5 Å². The number of carbonyl (C=O) groups excluding carboxylic acids is 1. The fraction of sp³-hybridized carbons (Fsp3) is 0.263. The maximum atomic E-state index is 15.0. The molecule has 0 aliphatic rings. The highest BCUT2D eigenvalue weighted by Crippen LogP contribution is 2.29. The number of methoxy groups -OCH3 is 1. The Bertz CT molecular complexity index is 1190. The summed E-state index contributed by atoms with van der Waals surface area (Å²) in [6.07, 6.45) is 3.01. The van der Waals surface area contributed by atoms with Crippen LogP contribution in [0.1, 0.15) is 36.2 Å². The number of hydrogen-bond donors (Lipinski definition) is 2. The number of carbonyl (C=O) groups is 1. The van der Waals surface area contributed by atoms with Gasteiger partial charge in [0.2, 0.25) is 15.8 Å². The van der Waals surface area contributed by atoms with Crippen LogP contribution in [0.4, 0.5) is 14.5 Å². The minimum Gasteiger partial charge on any atom is -0.495 e. The van der Waals surface area contributed by atoms with Gasteiger partial charge in [-0.25, -0.2) is 22.2 Å². The highest BCUT2D eigenvalue weighted by molar-refractivity contribution is 7.93. The summed E-state index contributed by atoms with van der Waals surface area (Å²) < 4.78 is 61.0. The number of ether oxygens (including phenoxy) is 1. The number of nitrogens with zero attached hydrogens (tertiary/aromatic N) is 1. The lowest BCUT2D eigenvalue weighted by molar-refractivity contribution is 0.103. The molecule has 2 heterocycles. The number of hydrogen-bond acceptors (Lipinski definition) is 5. The molecule has 0 fully saturated rings. The van der Waals surface area contributed by atoms with E-state index in [-0.39, 0.29) is 5.56 Å². The van der Waals surface area contributed by atoms with Crippen molar-refractivity contribution in [2.24, 2.45) is 0 Å². The van der Waals surface area contributed by atoms with E-state index in [1.807, 2.05) is 0 Å². The van der Waals surface area contributed by atoms with Gasteiger partial charge in [0.15, 0.2) is 5.82 Å². The normalized spacial score (nSPS) is 12.7. The lowest BCUT2D eigenvalue weighted by Crippen LogP contribution is -2.25. The van der Waals surface area contributed by atoms with Crippen LogP contribution in [0, 0.1) is 11.6 Å². The molecule has 1 aromatic carbocycles. The molecule has 7 nitrogen and oxygen atoms in total. The van der Waals surface area contributed by atoms with Crippen LogP contribution in [0.2, 0.25) is 0 Å². The van der Waals surface area contributed by atoms with Gasteiger partial charge in [0.05, 0.1) is 29.8 Å². The van der Waals surface area contributed by atoms with E-state index in [2.05, 4.69) is 14.7 Å². The molecular formula is C19H19F2N3O4S. The van der Waals surface area contributed by atoms with Gasteiger partial charge in [-0.05, 0) is 31.5 Å². The number of anilines is 1. The molecule has 0 saturated heterocycles. The maximum absolute atomic E-state index is 15.0. The van der Waals surface area contributed by atoms with E-state index in [0.717, 1.165) is 12.1 Å². The summed E-state index contributed by atoms with van der Waals surface area (Å²) in [5.41, 5.74) is -1.04. The molecule has 2 N–H and O–H groups in total. The summed E-state index contributed by atoms with van der Waals surface area (Å²) >= 11 is 0. The molecule has 0 aliphatic heterocycles. The van der Waals surface area contributed by atoms with E-state index in [1.54, 1.807) is 6.92 Å². The van der Waals surface area contributed by atoms with Gasteiger partial charge in [-0.1, -0.05) is 6.92 Å². The van der Waals surface area contributed by atoms with Gasteiger partial charge in [-0.3, -0.25) is 9.52 Å². The van der Waals surface area contributed by atoms with Crippen molar-refractivity contribution in [3.8, 4) is 5.75 Å². The molecule has 0 radical (unpaired) electrons. The van der Waals surface area contributed by atoms with Crippen molar-refractivity contribution < 1.29 is 26.7 Å². The number of rotatable bonds is 7. The summed E-state index contributed by atoms with van der Waals surface area (Å²) in [7, 11) is -2.48. The first-order chi connectivity index (χ1) is 13.7. The SMILES string of the molecule is CCC(C)S(=O)(=O)Nc1ccc(F)c(C(=O)c2c[nH]c3ncc(OC)cc23)c1F. The maximum Gasteiger partial charge on any atom is 0.235 e. The van der Waals surface area contributed by atoms with E-state index < -0.39 is 43.9 Å². The fourth-order valence-corrected chi connectivity index (χ4v) is 3.84. The zero-order chi connectivity index (χ0) is 21.3. The van der Waals surface area contributed by atoms with Gasteiger partial charge in [-0.2, -0.15) is 0 Å². The number of pyridine rings is 1. The molecule has 10 heteroatoms. The van der Waals surface area contributed by atoms with E-state index in [9.17, 15) is 22.0 Å². The van der Waals surface area contributed by atoms with Crippen molar-refractivity contribution >= 4 is 32.5 Å². The first-order valence-corrected chi connectivity index (χ1v) is 10.3. The van der Waals surface area contributed by atoms with E-state index in [4.69, 9.17) is 4.74 Å². The van der Waals surface area contributed by atoms with Gasteiger partial charge in [-0.15, -0.1) is 0 Å². The predicted octanol–water partition coefficient (Wildman–Crippen LogP) is 3.62. The van der Waals surface area contributed by atoms with Crippen LogP contribution in [0.3, 0.4) is 0 Å². The fourth-order valence-electron chi connectivity index (χ4n) is 2.73. The van der Waals surface area contributed by atoms with Gasteiger partial charge in [0, 0.05) is 17.1 Å². The first-order valence-electron chi connectivity index (χ1n) is 8.75. The van der Waals surface area contributed by atoms with Crippen LogP contribution in [-0.4, -0.2) is 36.5 Å². The second-order valence-corrected chi connectivity index (χ2v) is 8.55. The van der Waals surface area contributed by atoms with Crippen LogP contribution in [0.15, 0.2) is 30.6 Å². The Morgan fingerprint density at radius 3 is 2.72 bits per heavy atom. The van der Waals surface area contributed by atoms with Gasteiger partial charge in [0.25, 0.3) is 0 Å². The zero-order valence-electron chi connectivity index (χ0n) is 15.9. The molecular weight excluding hydrogens is 404 g/mol. The van der Waals surface area contributed by atoms with E-state index >= 15 is 0 Å². The summed E-state index contributed by atoms with van der Waals surface area (Å²) in [4.78, 5) is 19.8. The summed E-state index contributed by atoms with van der Waals surface area (Å²) in [5, 5.41) is -0.475. The van der Waals surface area contributed by atoms with Crippen molar-refractivity contribution in [1.29, 1.82) is 0 Å². The molecule has 0 bridgehead atoms. The standard InChI is InChI=1S/C19H19F2N3O4S/c1-4-10(2)29(26,27)24-15-6-5-14(20)16(17(15)21)18(25)13-9-23-19-12(13)7-11(28-3)8-22-19/h5-10,24H,4H2,1-3H3,(H,22,23). The zero-order valence-corrected chi connectivity index (χ0v) is 16.7. The van der Waals surface area contributed by atoms with Crippen LogP contribution in [0.25, 0.3) is 11.0 Å². The number of aromatic nitrogens is 2.